The van der Waals surface area contributed by atoms with Crippen molar-refractivity contribution in [3.63, 3.8) is 0 Å². The Bertz CT molecular complexity index is 533. The van der Waals surface area contributed by atoms with E-state index in [1.807, 2.05) is 6.92 Å². The Morgan fingerprint density at radius 2 is 2.06 bits per heavy atom. The molecule has 0 bridgehead atoms. The molecule has 0 radical (unpaired) electrons. The van der Waals surface area contributed by atoms with Crippen LogP contribution in [0.5, 0.6) is 0 Å². The first kappa shape index (κ1) is 13.8. The molecule has 1 aliphatic rings. The Morgan fingerprint density at radius 3 is 2.72 bits per heavy atom. The van der Waals surface area contributed by atoms with E-state index in [4.69, 9.17) is 17.3 Å². The molecule has 1 aliphatic heterocycles. The van der Waals surface area contributed by atoms with Gasteiger partial charge in [-0.05, 0) is 30.9 Å². The van der Waals surface area contributed by atoms with Crippen molar-refractivity contribution in [2.45, 2.75) is 30.8 Å². The molecule has 2 unspecified atom stereocenters. The summed E-state index contributed by atoms with van der Waals surface area (Å²) in [5.74, 6) is 0.163. The third kappa shape index (κ3) is 2.40. The monoisotopic (exact) mass is 288 g/mol. The van der Waals surface area contributed by atoms with Crippen molar-refractivity contribution in [1.29, 1.82) is 0 Å². The fraction of sp³-hybridized carbons (Fsp3) is 0.500. The highest BCUT2D eigenvalue weighted by atomic mass is 35.5. The van der Waals surface area contributed by atoms with Crippen molar-refractivity contribution in [2.24, 2.45) is 11.7 Å². The third-order valence-corrected chi connectivity index (χ3v) is 5.77. The number of benzene rings is 1. The first-order valence-electron chi connectivity index (χ1n) is 5.96. The lowest BCUT2D eigenvalue weighted by Gasteiger charge is -2.36. The highest BCUT2D eigenvalue weighted by Gasteiger charge is 2.35. The molecular weight excluding hydrogens is 272 g/mol. The molecule has 6 heteroatoms. The van der Waals surface area contributed by atoms with E-state index in [1.54, 1.807) is 18.2 Å². The molecule has 0 aromatic heterocycles. The summed E-state index contributed by atoms with van der Waals surface area (Å²) in [4.78, 5) is 0.135. The van der Waals surface area contributed by atoms with E-state index in [2.05, 4.69) is 0 Å². The van der Waals surface area contributed by atoms with E-state index in [0.29, 0.717) is 6.54 Å². The number of halogens is 1. The fourth-order valence-corrected chi connectivity index (χ4v) is 4.38. The third-order valence-electron chi connectivity index (χ3n) is 3.38. The highest BCUT2D eigenvalue weighted by Crippen LogP contribution is 2.29. The highest BCUT2D eigenvalue weighted by molar-refractivity contribution is 7.89. The zero-order chi connectivity index (χ0) is 13.3. The maximum absolute atomic E-state index is 12.5. The minimum atomic E-state index is -3.60. The van der Waals surface area contributed by atoms with Gasteiger partial charge in [0.25, 0.3) is 0 Å². The smallest absolute Gasteiger partial charge is 0.245 e. The van der Waals surface area contributed by atoms with Crippen LogP contribution in [-0.4, -0.2) is 25.4 Å². The van der Waals surface area contributed by atoms with Gasteiger partial charge >= 0.3 is 0 Å². The van der Waals surface area contributed by atoms with Crippen LogP contribution in [0.2, 0.25) is 5.02 Å². The fourth-order valence-electron chi connectivity index (χ4n) is 2.23. The normalized spacial score (nSPS) is 26.2. The summed E-state index contributed by atoms with van der Waals surface area (Å²) < 4.78 is 26.4. The van der Waals surface area contributed by atoms with E-state index in [-0.39, 0.29) is 15.8 Å². The molecule has 1 fully saturated rings. The standard InChI is InChI=1S/C12H17ClN2O2S/c1-9-5-4-8-15(12(9)14)18(16,17)11-7-3-2-6-10(11)13/h2-3,6-7,9,12H,4-5,8,14H2,1H3. The number of piperidine rings is 1. The molecule has 0 saturated carbocycles. The summed E-state index contributed by atoms with van der Waals surface area (Å²) in [6.45, 7) is 2.43. The Labute approximate surface area is 113 Å². The molecule has 1 aromatic carbocycles. The van der Waals surface area contributed by atoms with Crippen molar-refractivity contribution >= 4 is 21.6 Å². The van der Waals surface area contributed by atoms with Crippen molar-refractivity contribution in [3.8, 4) is 0 Å². The lowest BCUT2D eigenvalue weighted by Crippen LogP contribution is -2.52. The first-order valence-corrected chi connectivity index (χ1v) is 7.78. The summed E-state index contributed by atoms with van der Waals surface area (Å²) in [5, 5.41) is 0.239. The second-order valence-corrected chi connectivity index (χ2v) is 6.92. The molecule has 2 N–H and O–H groups in total. The van der Waals surface area contributed by atoms with Gasteiger partial charge in [0.05, 0.1) is 11.2 Å². The number of nitrogens with two attached hydrogens (primary N) is 1. The van der Waals surface area contributed by atoms with Gasteiger partial charge in [0.1, 0.15) is 4.90 Å². The van der Waals surface area contributed by atoms with E-state index in [1.165, 1.54) is 10.4 Å². The Kier molecular flexibility index (Phi) is 3.96. The van der Waals surface area contributed by atoms with Gasteiger partial charge in [-0.1, -0.05) is 30.7 Å². The average Bonchev–Trinajstić information content (AvgIpc) is 2.32. The van der Waals surface area contributed by atoms with E-state index in [9.17, 15) is 8.42 Å². The quantitative estimate of drug-likeness (QED) is 0.906. The maximum Gasteiger partial charge on any atom is 0.245 e. The maximum atomic E-state index is 12.5. The van der Waals surface area contributed by atoms with Crippen molar-refractivity contribution < 1.29 is 8.42 Å². The SMILES string of the molecule is CC1CCCN(S(=O)(=O)c2ccccc2Cl)C1N. The van der Waals surface area contributed by atoms with E-state index in [0.717, 1.165) is 12.8 Å². The summed E-state index contributed by atoms with van der Waals surface area (Å²) in [6.07, 6.45) is 1.31. The topological polar surface area (TPSA) is 63.4 Å². The van der Waals surface area contributed by atoms with Crippen LogP contribution in [0.4, 0.5) is 0 Å². The number of nitrogens with zero attached hydrogens (tertiary/aromatic N) is 1. The van der Waals surface area contributed by atoms with Crippen molar-refractivity contribution in [3.05, 3.63) is 29.3 Å². The van der Waals surface area contributed by atoms with Crippen LogP contribution in [0, 0.1) is 5.92 Å². The van der Waals surface area contributed by atoms with Gasteiger partial charge < -0.3 is 5.73 Å². The molecule has 2 atom stereocenters. The molecule has 0 aliphatic carbocycles. The van der Waals surface area contributed by atoms with Crippen molar-refractivity contribution in [2.75, 3.05) is 6.54 Å². The number of hydrogen-bond donors (Lipinski definition) is 1. The van der Waals surface area contributed by atoms with Crippen LogP contribution in [0.25, 0.3) is 0 Å². The van der Waals surface area contributed by atoms with E-state index < -0.39 is 16.2 Å². The first-order chi connectivity index (χ1) is 8.44. The summed E-state index contributed by atoms with van der Waals surface area (Å²) >= 11 is 5.97. The van der Waals surface area contributed by atoms with Crippen LogP contribution < -0.4 is 5.73 Å². The minimum Gasteiger partial charge on any atom is -0.315 e. The lowest BCUT2D eigenvalue weighted by atomic mass is 9.99. The average molecular weight is 289 g/mol. The minimum absolute atomic E-state index is 0.135. The molecule has 2 rings (SSSR count). The molecule has 0 spiro atoms. The summed E-state index contributed by atoms with van der Waals surface area (Å²) in [5.41, 5.74) is 6.00. The lowest BCUT2D eigenvalue weighted by molar-refractivity contribution is 0.192. The predicted octanol–water partition coefficient (Wildman–Crippen LogP) is 2.05. The summed E-state index contributed by atoms with van der Waals surface area (Å²) in [7, 11) is -3.60. The van der Waals surface area contributed by atoms with Crippen molar-refractivity contribution in [1.82, 2.24) is 4.31 Å². The Morgan fingerprint density at radius 1 is 1.39 bits per heavy atom. The molecule has 0 amide bonds. The van der Waals surface area contributed by atoms with E-state index >= 15 is 0 Å². The van der Waals surface area contributed by atoms with Gasteiger partial charge in [-0.3, -0.25) is 0 Å². The molecule has 100 valence electrons. The zero-order valence-electron chi connectivity index (χ0n) is 10.2. The predicted molar refractivity (Wildman–Crippen MR) is 71.7 cm³/mol. The number of rotatable bonds is 2. The summed E-state index contributed by atoms with van der Waals surface area (Å²) in [6, 6.07) is 6.47. The van der Waals surface area contributed by atoms with Crippen LogP contribution in [0.15, 0.2) is 29.2 Å². The van der Waals surface area contributed by atoms with Gasteiger partial charge in [-0.15, -0.1) is 0 Å². The van der Waals surface area contributed by atoms with Gasteiger partial charge in [0.15, 0.2) is 0 Å². The molecular formula is C12H17ClN2O2S. The van der Waals surface area contributed by atoms with Gasteiger partial charge in [-0.2, -0.15) is 4.31 Å². The molecule has 1 aromatic rings. The molecule has 1 heterocycles. The van der Waals surface area contributed by atoms with Gasteiger partial charge in [0.2, 0.25) is 10.0 Å². The van der Waals surface area contributed by atoms with Gasteiger partial charge in [-0.25, -0.2) is 8.42 Å². The molecule has 4 nitrogen and oxygen atoms in total. The Balaban J connectivity index is 2.40. The number of hydrogen-bond acceptors (Lipinski definition) is 3. The van der Waals surface area contributed by atoms with Gasteiger partial charge in [0, 0.05) is 6.54 Å². The van der Waals surface area contributed by atoms with Crippen LogP contribution in [0.3, 0.4) is 0 Å². The second kappa shape index (κ2) is 5.17. The Hall–Kier alpha value is -0.620. The van der Waals surface area contributed by atoms with Crippen LogP contribution in [-0.2, 0) is 10.0 Å². The second-order valence-electron chi connectivity index (χ2n) is 4.66. The number of sulfonamides is 1. The molecule has 1 saturated heterocycles. The molecule has 18 heavy (non-hydrogen) atoms. The van der Waals surface area contributed by atoms with Crippen LogP contribution in [0.1, 0.15) is 19.8 Å². The largest absolute Gasteiger partial charge is 0.315 e. The van der Waals surface area contributed by atoms with Crippen LogP contribution >= 0.6 is 11.6 Å². The zero-order valence-corrected chi connectivity index (χ0v) is 11.8.